The lowest BCUT2D eigenvalue weighted by molar-refractivity contribution is -0.128. The summed E-state index contributed by atoms with van der Waals surface area (Å²) in [6.07, 6.45) is 0.934. The Morgan fingerprint density at radius 1 is 1.05 bits per heavy atom. The van der Waals surface area contributed by atoms with Crippen molar-refractivity contribution in [1.29, 1.82) is 0 Å². The van der Waals surface area contributed by atoms with Crippen molar-refractivity contribution in [2.45, 2.75) is 53.4 Å². The highest BCUT2D eigenvalue weighted by molar-refractivity contribution is 9.10. The van der Waals surface area contributed by atoms with Gasteiger partial charge in [0.25, 0.3) is 0 Å². The maximum Gasteiger partial charge on any atom is 0.140 e. The van der Waals surface area contributed by atoms with Gasteiger partial charge in [-0.15, -0.1) is 0 Å². The van der Waals surface area contributed by atoms with Gasteiger partial charge >= 0.3 is 0 Å². The molecular formula is C17H23BrO2. The zero-order valence-corrected chi connectivity index (χ0v) is 14.5. The van der Waals surface area contributed by atoms with Crippen LogP contribution in [0.2, 0.25) is 0 Å². The second-order valence-corrected chi connectivity index (χ2v) is 6.17. The number of benzene rings is 1. The number of hydrogen-bond acceptors (Lipinski definition) is 2. The molecule has 2 unspecified atom stereocenters. The zero-order valence-electron chi connectivity index (χ0n) is 12.9. The van der Waals surface area contributed by atoms with E-state index in [1.165, 1.54) is 0 Å². The van der Waals surface area contributed by atoms with Gasteiger partial charge in [-0.05, 0) is 30.5 Å². The van der Waals surface area contributed by atoms with Crippen molar-refractivity contribution < 1.29 is 9.59 Å². The van der Waals surface area contributed by atoms with E-state index >= 15 is 0 Å². The number of aryl methyl sites for hydroxylation is 2. The highest BCUT2D eigenvalue weighted by Crippen LogP contribution is 2.32. The molecule has 3 heteroatoms. The van der Waals surface area contributed by atoms with Gasteiger partial charge in [-0.3, -0.25) is 9.59 Å². The molecule has 0 N–H and O–H groups in total. The van der Waals surface area contributed by atoms with Gasteiger partial charge in [0, 0.05) is 23.2 Å². The first-order valence-electron chi connectivity index (χ1n) is 7.15. The highest BCUT2D eigenvalue weighted by atomic mass is 79.9. The largest absolute Gasteiger partial charge is 0.299 e. The van der Waals surface area contributed by atoms with Crippen LogP contribution in [0.15, 0.2) is 16.6 Å². The molecule has 20 heavy (non-hydrogen) atoms. The standard InChI is InChI=1S/C17H23BrO2/c1-6-14(19)12(5)16(15(20)7-2)13-8-10(3)17(18)11(4)9-13/h8-9,12,16H,6-7H2,1-5H3. The van der Waals surface area contributed by atoms with E-state index in [-0.39, 0.29) is 23.4 Å². The Morgan fingerprint density at radius 2 is 1.50 bits per heavy atom. The van der Waals surface area contributed by atoms with Crippen LogP contribution < -0.4 is 0 Å². The monoisotopic (exact) mass is 338 g/mol. The van der Waals surface area contributed by atoms with Crippen molar-refractivity contribution in [3.63, 3.8) is 0 Å². The van der Waals surface area contributed by atoms with Crippen molar-refractivity contribution in [3.8, 4) is 0 Å². The summed E-state index contributed by atoms with van der Waals surface area (Å²) in [7, 11) is 0. The van der Waals surface area contributed by atoms with Crippen LogP contribution in [0.25, 0.3) is 0 Å². The van der Waals surface area contributed by atoms with Crippen molar-refractivity contribution in [2.24, 2.45) is 5.92 Å². The molecule has 0 spiro atoms. The Balaban J connectivity index is 3.31. The Morgan fingerprint density at radius 3 is 1.90 bits per heavy atom. The van der Waals surface area contributed by atoms with E-state index in [4.69, 9.17) is 0 Å². The molecule has 0 aliphatic heterocycles. The third-order valence-electron chi connectivity index (χ3n) is 3.87. The molecule has 0 heterocycles. The molecule has 1 rings (SSSR count). The molecule has 0 saturated heterocycles. The lowest BCUT2D eigenvalue weighted by Gasteiger charge is -2.23. The van der Waals surface area contributed by atoms with Crippen LogP contribution >= 0.6 is 15.9 Å². The van der Waals surface area contributed by atoms with E-state index in [9.17, 15) is 9.59 Å². The molecule has 0 saturated carbocycles. The van der Waals surface area contributed by atoms with Crippen LogP contribution in [0.4, 0.5) is 0 Å². The lowest BCUT2D eigenvalue weighted by Crippen LogP contribution is -2.25. The summed E-state index contributed by atoms with van der Waals surface area (Å²) in [6.45, 7) is 9.61. The van der Waals surface area contributed by atoms with Gasteiger partial charge in [0.2, 0.25) is 0 Å². The number of halogens is 1. The van der Waals surface area contributed by atoms with Crippen molar-refractivity contribution >= 4 is 27.5 Å². The van der Waals surface area contributed by atoms with Crippen LogP contribution in [0.1, 0.15) is 56.2 Å². The van der Waals surface area contributed by atoms with E-state index in [2.05, 4.69) is 15.9 Å². The summed E-state index contributed by atoms with van der Waals surface area (Å²) in [4.78, 5) is 24.3. The Hall–Kier alpha value is -0.960. The summed E-state index contributed by atoms with van der Waals surface area (Å²) in [6, 6.07) is 4.05. The van der Waals surface area contributed by atoms with Gasteiger partial charge < -0.3 is 0 Å². The van der Waals surface area contributed by atoms with E-state index in [0.717, 1.165) is 21.2 Å². The summed E-state index contributed by atoms with van der Waals surface area (Å²) in [5.41, 5.74) is 3.17. The topological polar surface area (TPSA) is 34.1 Å². The number of rotatable bonds is 6. The van der Waals surface area contributed by atoms with Gasteiger partial charge in [-0.1, -0.05) is 48.8 Å². The van der Waals surface area contributed by atoms with Gasteiger partial charge in [-0.2, -0.15) is 0 Å². The Labute approximate surface area is 130 Å². The fourth-order valence-corrected chi connectivity index (χ4v) is 2.87. The molecule has 110 valence electrons. The smallest absolute Gasteiger partial charge is 0.140 e. The van der Waals surface area contributed by atoms with Crippen LogP contribution in [-0.2, 0) is 9.59 Å². The Kier molecular flexibility index (Phi) is 6.12. The molecule has 0 aliphatic rings. The summed E-state index contributed by atoms with van der Waals surface area (Å²) in [5, 5.41) is 0. The fraction of sp³-hybridized carbons (Fsp3) is 0.529. The molecule has 1 aromatic carbocycles. The molecule has 2 nitrogen and oxygen atoms in total. The molecule has 1 aromatic rings. The minimum absolute atomic E-state index is 0.139. The van der Waals surface area contributed by atoms with Crippen LogP contribution in [0.5, 0.6) is 0 Å². The molecule has 0 aliphatic carbocycles. The van der Waals surface area contributed by atoms with Crippen LogP contribution in [0.3, 0.4) is 0 Å². The van der Waals surface area contributed by atoms with Crippen molar-refractivity contribution in [3.05, 3.63) is 33.3 Å². The lowest BCUT2D eigenvalue weighted by atomic mass is 9.79. The van der Waals surface area contributed by atoms with Gasteiger partial charge in [0.05, 0.1) is 5.92 Å². The number of hydrogen-bond donors (Lipinski definition) is 0. The second kappa shape index (κ2) is 7.16. The maximum atomic E-state index is 12.3. The maximum absolute atomic E-state index is 12.3. The van der Waals surface area contributed by atoms with Crippen molar-refractivity contribution in [1.82, 2.24) is 0 Å². The molecule has 0 fully saturated rings. The molecule has 0 aromatic heterocycles. The first-order valence-corrected chi connectivity index (χ1v) is 7.94. The van der Waals surface area contributed by atoms with E-state index in [1.807, 2.05) is 46.8 Å². The SMILES string of the molecule is CCC(=O)C(C)C(C(=O)CC)c1cc(C)c(Br)c(C)c1. The van der Waals surface area contributed by atoms with Gasteiger partial charge in [-0.25, -0.2) is 0 Å². The van der Waals surface area contributed by atoms with E-state index in [1.54, 1.807) is 0 Å². The minimum Gasteiger partial charge on any atom is -0.299 e. The molecule has 0 bridgehead atoms. The highest BCUT2D eigenvalue weighted by Gasteiger charge is 2.30. The minimum atomic E-state index is -0.321. The third-order valence-corrected chi connectivity index (χ3v) is 5.12. The summed E-state index contributed by atoms with van der Waals surface area (Å²) >= 11 is 3.54. The fourth-order valence-electron chi connectivity index (χ4n) is 2.64. The van der Waals surface area contributed by atoms with E-state index < -0.39 is 0 Å². The Bertz CT molecular complexity index is 497. The quantitative estimate of drug-likeness (QED) is 0.750. The number of carbonyl (C=O) groups is 2. The molecular weight excluding hydrogens is 316 g/mol. The molecule has 2 atom stereocenters. The first kappa shape index (κ1) is 17.1. The number of Topliss-reactive ketones (excluding diaryl/α,β-unsaturated/α-hetero) is 2. The van der Waals surface area contributed by atoms with Gasteiger partial charge in [0.15, 0.2) is 0 Å². The molecule has 0 radical (unpaired) electrons. The first-order chi connectivity index (χ1) is 9.33. The molecule has 0 amide bonds. The van der Waals surface area contributed by atoms with E-state index in [0.29, 0.717) is 12.8 Å². The van der Waals surface area contributed by atoms with Gasteiger partial charge in [0.1, 0.15) is 11.6 Å². The third kappa shape index (κ3) is 3.57. The van der Waals surface area contributed by atoms with Crippen molar-refractivity contribution in [2.75, 3.05) is 0 Å². The number of ketones is 2. The normalized spacial score (nSPS) is 13.9. The zero-order chi connectivity index (χ0) is 15.4. The second-order valence-electron chi connectivity index (χ2n) is 5.37. The number of carbonyl (C=O) groups excluding carboxylic acids is 2. The van der Waals surface area contributed by atoms with Crippen LogP contribution in [0, 0.1) is 19.8 Å². The summed E-state index contributed by atoms with van der Waals surface area (Å²) in [5.74, 6) is -0.291. The predicted octanol–water partition coefficient (Wildman–Crippen LogP) is 4.74. The predicted molar refractivity (Wildman–Crippen MR) is 86.1 cm³/mol. The average molecular weight is 339 g/mol. The average Bonchev–Trinajstić information content (AvgIpc) is 2.43. The van der Waals surface area contributed by atoms with Crippen LogP contribution in [-0.4, -0.2) is 11.6 Å². The summed E-state index contributed by atoms with van der Waals surface area (Å²) < 4.78 is 1.07.